The van der Waals surface area contributed by atoms with Crippen LogP contribution in [-0.4, -0.2) is 44.9 Å². The highest BCUT2D eigenvalue weighted by Crippen LogP contribution is 2.25. The Balaban J connectivity index is 0.00000220. The smallest absolute Gasteiger partial charge is 0.374 e. The van der Waals surface area contributed by atoms with Gasteiger partial charge in [-0.25, -0.2) is 13.2 Å². The number of furan rings is 1. The lowest BCUT2D eigenvalue weighted by molar-refractivity contribution is 0.0484. The average Bonchev–Trinajstić information content (AvgIpc) is 3.08. The fourth-order valence-electron chi connectivity index (χ4n) is 2.11. The first-order valence-corrected chi connectivity index (χ1v) is 7.90. The van der Waals surface area contributed by atoms with Gasteiger partial charge in [0.2, 0.25) is 10.9 Å². The molecule has 0 aliphatic carbocycles. The molecular formula is C12H19ClN2O5S. The third kappa shape index (κ3) is 3.76. The summed E-state index contributed by atoms with van der Waals surface area (Å²) in [7, 11) is -3.71. The number of sulfonamides is 1. The van der Waals surface area contributed by atoms with Crippen LogP contribution in [-0.2, 0) is 14.8 Å². The number of hydrogen-bond acceptors (Lipinski definition) is 6. The van der Waals surface area contributed by atoms with E-state index in [-0.39, 0.29) is 35.8 Å². The van der Waals surface area contributed by atoms with Gasteiger partial charge in [-0.3, -0.25) is 0 Å². The molecular weight excluding hydrogens is 320 g/mol. The topological polar surface area (TPSA) is 103 Å². The van der Waals surface area contributed by atoms with E-state index in [1.54, 1.807) is 6.92 Å². The normalized spacial score (nSPS) is 19.2. The maximum atomic E-state index is 12.3. The van der Waals surface area contributed by atoms with Crippen LogP contribution in [0, 0.1) is 5.92 Å². The number of halogens is 1. The van der Waals surface area contributed by atoms with E-state index in [2.05, 4.69) is 0 Å². The van der Waals surface area contributed by atoms with Gasteiger partial charge in [-0.2, -0.15) is 4.31 Å². The molecule has 1 unspecified atom stereocenters. The number of nitrogens with zero attached hydrogens (tertiary/aromatic N) is 1. The molecule has 120 valence electrons. The van der Waals surface area contributed by atoms with Crippen molar-refractivity contribution in [2.75, 3.05) is 26.2 Å². The van der Waals surface area contributed by atoms with Gasteiger partial charge in [-0.05, 0) is 37.9 Å². The molecule has 9 heteroatoms. The van der Waals surface area contributed by atoms with Gasteiger partial charge in [0.15, 0.2) is 0 Å². The standard InChI is InChI=1S/C12H18N2O5S.ClH/c1-2-18-12(15)10-3-4-11(19-10)20(16,17)14-6-5-9(7-13)8-14;/h3-4,9H,2,5-8,13H2,1H3;1H. The number of carbonyl (C=O) groups is 1. The second-order valence-corrected chi connectivity index (χ2v) is 6.46. The van der Waals surface area contributed by atoms with Crippen molar-refractivity contribution in [2.45, 2.75) is 18.4 Å². The summed E-state index contributed by atoms with van der Waals surface area (Å²) < 4.78 is 35.9. The van der Waals surface area contributed by atoms with E-state index in [4.69, 9.17) is 14.9 Å². The fourth-order valence-corrected chi connectivity index (χ4v) is 3.55. The average molecular weight is 339 g/mol. The maximum absolute atomic E-state index is 12.3. The van der Waals surface area contributed by atoms with E-state index in [0.717, 1.165) is 6.42 Å². The van der Waals surface area contributed by atoms with Crippen molar-refractivity contribution in [3.05, 3.63) is 17.9 Å². The lowest BCUT2D eigenvalue weighted by Crippen LogP contribution is -2.29. The van der Waals surface area contributed by atoms with Crippen molar-refractivity contribution in [1.29, 1.82) is 0 Å². The van der Waals surface area contributed by atoms with Crippen LogP contribution in [0.15, 0.2) is 21.6 Å². The van der Waals surface area contributed by atoms with Crippen molar-refractivity contribution in [3.63, 3.8) is 0 Å². The van der Waals surface area contributed by atoms with Crippen LogP contribution in [0.5, 0.6) is 0 Å². The highest BCUT2D eigenvalue weighted by molar-refractivity contribution is 7.89. The van der Waals surface area contributed by atoms with Crippen LogP contribution in [0.4, 0.5) is 0 Å². The van der Waals surface area contributed by atoms with E-state index in [1.807, 2.05) is 0 Å². The van der Waals surface area contributed by atoms with Gasteiger partial charge in [0.05, 0.1) is 6.61 Å². The zero-order chi connectivity index (χ0) is 14.8. The fraction of sp³-hybridized carbons (Fsp3) is 0.583. The molecule has 0 aromatic carbocycles. The minimum absolute atomic E-state index is 0. The summed E-state index contributed by atoms with van der Waals surface area (Å²) in [5.74, 6) is -0.612. The summed E-state index contributed by atoms with van der Waals surface area (Å²) in [4.78, 5) is 11.5. The highest BCUT2D eigenvalue weighted by Gasteiger charge is 2.34. The second-order valence-electron chi connectivity index (χ2n) is 4.59. The molecule has 1 aromatic heterocycles. The molecule has 0 spiro atoms. The number of ether oxygens (including phenoxy) is 1. The van der Waals surface area contributed by atoms with Crippen LogP contribution >= 0.6 is 12.4 Å². The Morgan fingerprint density at radius 3 is 2.81 bits per heavy atom. The van der Waals surface area contributed by atoms with Gasteiger partial charge in [0.1, 0.15) is 0 Å². The first kappa shape index (κ1) is 18.0. The van der Waals surface area contributed by atoms with Crippen LogP contribution in [0.2, 0.25) is 0 Å². The molecule has 21 heavy (non-hydrogen) atoms. The number of esters is 1. The van der Waals surface area contributed by atoms with Crippen molar-refractivity contribution < 1.29 is 22.4 Å². The summed E-state index contributed by atoms with van der Waals surface area (Å²) in [5.41, 5.74) is 5.55. The molecule has 0 amide bonds. The number of carbonyl (C=O) groups excluding carboxylic acids is 1. The molecule has 7 nitrogen and oxygen atoms in total. The summed E-state index contributed by atoms with van der Waals surface area (Å²) in [6.07, 6.45) is 0.737. The second kappa shape index (κ2) is 7.26. The molecule has 0 saturated carbocycles. The molecule has 0 bridgehead atoms. The van der Waals surface area contributed by atoms with Gasteiger partial charge in [0, 0.05) is 13.1 Å². The molecule has 1 fully saturated rings. The maximum Gasteiger partial charge on any atom is 0.374 e. The van der Waals surface area contributed by atoms with Crippen molar-refractivity contribution >= 4 is 28.4 Å². The van der Waals surface area contributed by atoms with E-state index < -0.39 is 16.0 Å². The summed E-state index contributed by atoms with van der Waals surface area (Å²) in [6.45, 7) is 3.12. The largest absolute Gasteiger partial charge is 0.460 e. The third-order valence-corrected chi connectivity index (χ3v) is 4.97. The molecule has 2 N–H and O–H groups in total. The predicted octanol–water partition coefficient (Wildman–Crippen LogP) is 0.847. The van der Waals surface area contributed by atoms with E-state index >= 15 is 0 Å². The minimum atomic E-state index is -3.71. The van der Waals surface area contributed by atoms with Crippen molar-refractivity contribution in [3.8, 4) is 0 Å². The Labute approximate surface area is 129 Å². The molecule has 0 radical (unpaired) electrons. The number of hydrogen-bond donors (Lipinski definition) is 1. The van der Waals surface area contributed by atoms with Gasteiger partial charge in [0.25, 0.3) is 10.0 Å². The molecule has 2 heterocycles. The van der Waals surface area contributed by atoms with E-state index in [9.17, 15) is 13.2 Å². The lowest BCUT2D eigenvalue weighted by Gasteiger charge is -2.14. The SMILES string of the molecule is CCOC(=O)c1ccc(S(=O)(=O)N2CCC(CN)C2)o1.Cl. The summed E-state index contributed by atoms with van der Waals surface area (Å²) in [6, 6.07) is 2.58. The zero-order valence-corrected chi connectivity index (χ0v) is 13.3. The van der Waals surface area contributed by atoms with E-state index in [1.165, 1.54) is 16.4 Å². The monoisotopic (exact) mass is 338 g/mol. The Hall–Kier alpha value is -1.09. The first-order valence-electron chi connectivity index (χ1n) is 6.46. The van der Waals surface area contributed by atoms with Crippen LogP contribution in [0.25, 0.3) is 0 Å². The molecule has 1 atom stereocenters. The Morgan fingerprint density at radius 1 is 1.52 bits per heavy atom. The van der Waals surface area contributed by atoms with Gasteiger partial charge in [-0.1, -0.05) is 0 Å². The van der Waals surface area contributed by atoms with Crippen LogP contribution in [0.1, 0.15) is 23.9 Å². The summed E-state index contributed by atoms with van der Waals surface area (Å²) >= 11 is 0. The van der Waals surface area contributed by atoms with Crippen molar-refractivity contribution in [1.82, 2.24) is 4.31 Å². The molecule has 1 aliphatic rings. The van der Waals surface area contributed by atoms with Crippen molar-refractivity contribution in [2.24, 2.45) is 11.7 Å². The first-order chi connectivity index (χ1) is 9.48. The van der Waals surface area contributed by atoms with Crippen LogP contribution in [0.3, 0.4) is 0 Å². The molecule has 1 aromatic rings. The highest BCUT2D eigenvalue weighted by atomic mass is 35.5. The van der Waals surface area contributed by atoms with E-state index in [0.29, 0.717) is 19.6 Å². The molecule has 2 rings (SSSR count). The number of nitrogens with two attached hydrogens (primary N) is 1. The Kier molecular flexibility index (Phi) is 6.21. The van der Waals surface area contributed by atoms with Gasteiger partial charge < -0.3 is 14.9 Å². The zero-order valence-electron chi connectivity index (χ0n) is 11.6. The number of rotatable bonds is 5. The van der Waals surface area contributed by atoms with Gasteiger partial charge in [-0.15, -0.1) is 12.4 Å². The van der Waals surface area contributed by atoms with Gasteiger partial charge >= 0.3 is 5.97 Å². The Bertz CT molecular complexity index is 586. The summed E-state index contributed by atoms with van der Waals surface area (Å²) in [5, 5.41) is -0.238. The molecule has 1 saturated heterocycles. The predicted molar refractivity (Wildman–Crippen MR) is 77.8 cm³/mol. The van der Waals surface area contributed by atoms with Crippen LogP contribution < -0.4 is 5.73 Å². The Morgan fingerprint density at radius 2 is 2.24 bits per heavy atom. The quantitative estimate of drug-likeness (QED) is 0.798. The minimum Gasteiger partial charge on any atom is -0.460 e. The third-order valence-electron chi connectivity index (χ3n) is 3.23. The lowest BCUT2D eigenvalue weighted by atomic mass is 10.1. The molecule has 1 aliphatic heterocycles.